The van der Waals surface area contributed by atoms with Crippen LogP contribution in [0.5, 0.6) is 0 Å². The Morgan fingerprint density at radius 2 is 2.11 bits per heavy atom. The average molecular weight is 312 g/mol. The normalized spacial score (nSPS) is 15.9. The summed E-state index contributed by atoms with van der Waals surface area (Å²) in [7, 11) is 0. The van der Waals surface area contributed by atoms with E-state index in [1.54, 1.807) is 4.90 Å². The van der Waals surface area contributed by atoms with Gasteiger partial charge in [-0.3, -0.25) is 4.79 Å². The Balaban J connectivity index is 1.80. The molecule has 0 saturated carbocycles. The van der Waals surface area contributed by atoms with Gasteiger partial charge >= 0.3 is 0 Å². The van der Waals surface area contributed by atoms with Crippen molar-refractivity contribution in [3.63, 3.8) is 0 Å². The van der Waals surface area contributed by atoms with Gasteiger partial charge in [0.2, 0.25) is 5.91 Å². The van der Waals surface area contributed by atoms with E-state index in [0.717, 1.165) is 22.3 Å². The highest BCUT2D eigenvalue weighted by Crippen LogP contribution is 2.19. The number of halogens is 1. The molecule has 1 aliphatic heterocycles. The van der Waals surface area contributed by atoms with Crippen molar-refractivity contribution >= 4 is 27.5 Å². The number of nitrogens with one attached hydrogen (secondary N) is 2. The van der Waals surface area contributed by atoms with Crippen LogP contribution in [0.25, 0.3) is 0 Å². The lowest BCUT2D eigenvalue weighted by atomic mass is 10.2. The molecule has 1 fully saturated rings. The van der Waals surface area contributed by atoms with Gasteiger partial charge in [0.1, 0.15) is 0 Å². The van der Waals surface area contributed by atoms with Gasteiger partial charge in [-0.05, 0) is 30.7 Å². The van der Waals surface area contributed by atoms with E-state index in [0.29, 0.717) is 6.42 Å². The standard InChI is InChI=1S/C14H19BrN2O/c1-11-10-12(4-5-13(11)15)16-14(18)6-9-17-7-2-3-8-17/h4-5,10H,2-3,6-9H2,1H3,(H,16,18)/p+1. The summed E-state index contributed by atoms with van der Waals surface area (Å²) in [4.78, 5) is 13.4. The average Bonchev–Trinajstić information content (AvgIpc) is 2.84. The van der Waals surface area contributed by atoms with Crippen molar-refractivity contribution in [2.75, 3.05) is 25.0 Å². The third kappa shape index (κ3) is 3.82. The quantitative estimate of drug-likeness (QED) is 0.873. The first-order valence-corrected chi connectivity index (χ1v) is 7.34. The van der Waals surface area contributed by atoms with Crippen LogP contribution in [-0.4, -0.2) is 25.5 Å². The molecule has 0 bridgehead atoms. The molecule has 1 aromatic carbocycles. The second kappa shape index (κ2) is 6.34. The fraction of sp³-hybridized carbons (Fsp3) is 0.500. The van der Waals surface area contributed by atoms with Gasteiger partial charge in [-0.1, -0.05) is 15.9 Å². The van der Waals surface area contributed by atoms with Gasteiger partial charge in [-0.2, -0.15) is 0 Å². The maximum absolute atomic E-state index is 11.8. The molecule has 0 unspecified atom stereocenters. The van der Waals surface area contributed by atoms with Gasteiger partial charge in [0.05, 0.1) is 26.1 Å². The third-order valence-electron chi connectivity index (χ3n) is 3.46. The maximum Gasteiger partial charge on any atom is 0.230 e. The Morgan fingerprint density at radius 3 is 2.78 bits per heavy atom. The molecule has 2 N–H and O–H groups in total. The number of hydrogen-bond acceptors (Lipinski definition) is 1. The van der Waals surface area contributed by atoms with E-state index in [4.69, 9.17) is 0 Å². The highest BCUT2D eigenvalue weighted by atomic mass is 79.9. The molecule has 4 heteroatoms. The Bertz CT molecular complexity index is 428. The monoisotopic (exact) mass is 311 g/mol. The van der Waals surface area contributed by atoms with Crippen molar-refractivity contribution in [1.29, 1.82) is 0 Å². The number of anilines is 1. The summed E-state index contributed by atoms with van der Waals surface area (Å²) in [6.07, 6.45) is 3.23. The zero-order chi connectivity index (χ0) is 13.0. The topological polar surface area (TPSA) is 33.5 Å². The van der Waals surface area contributed by atoms with Crippen molar-refractivity contribution in [2.45, 2.75) is 26.2 Å². The van der Waals surface area contributed by atoms with Crippen LogP contribution in [0.3, 0.4) is 0 Å². The molecular formula is C14H20BrN2O+. The maximum atomic E-state index is 11.8. The van der Waals surface area contributed by atoms with Gasteiger partial charge < -0.3 is 10.2 Å². The minimum Gasteiger partial charge on any atom is -0.334 e. The van der Waals surface area contributed by atoms with Crippen LogP contribution in [0.4, 0.5) is 5.69 Å². The van der Waals surface area contributed by atoms with Gasteiger partial charge in [-0.25, -0.2) is 0 Å². The number of hydrogen-bond donors (Lipinski definition) is 2. The van der Waals surface area contributed by atoms with Crippen LogP contribution >= 0.6 is 15.9 Å². The number of benzene rings is 1. The fourth-order valence-electron chi connectivity index (χ4n) is 2.36. The molecule has 1 heterocycles. The molecule has 98 valence electrons. The van der Waals surface area contributed by atoms with Crippen LogP contribution in [0, 0.1) is 6.92 Å². The predicted molar refractivity (Wildman–Crippen MR) is 76.9 cm³/mol. The van der Waals surface area contributed by atoms with Gasteiger partial charge in [0, 0.05) is 23.0 Å². The lowest BCUT2D eigenvalue weighted by Gasteiger charge is -2.12. The SMILES string of the molecule is Cc1cc(NC(=O)CC[NH+]2CCCC2)ccc1Br. The van der Waals surface area contributed by atoms with Crippen molar-refractivity contribution in [3.05, 3.63) is 28.2 Å². The smallest absolute Gasteiger partial charge is 0.230 e. The number of quaternary nitrogens is 1. The summed E-state index contributed by atoms with van der Waals surface area (Å²) in [5.41, 5.74) is 2.02. The van der Waals surface area contributed by atoms with Gasteiger partial charge in [-0.15, -0.1) is 0 Å². The van der Waals surface area contributed by atoms with Crippen molar-refractivity contribution in [3.8, 4) is 0 Å². The van der Waals surface area contributed by atoms with Crippen molar-refractivity contribution in [2.24, 2.45) is 0 Å². The largest absolute Gasteiger partial charge is 0.334 e. The van der Waals surface area contributed by atoms with Crippen LogP contribution in [-0.2, 0) is 4.79 Å². The molecule has 18 heavy (non-hydrogen) atoms. The van der Waals surface area contributed by atoms with E-state index in [2.05, 4.69) is 21.2 Å². The zero-order valence-electron chi connectivity index (χ0n) is 10.8. The first-order chi connectivity index (χ1) is 8.65. The molecule has 1 aromatic rings. The zero-order valence-corrected chi connectivity index (χ0v) is 12.3. The molecule has 0 aliphatic carbocycles. The van der Waals surface area contributed by atoms with Crippen LogP contribution in [0.15, 0.2) is 22.7 Å². The van der Waals surface area contributed by atoms with Crippen molar-refractivity contribution < 1.29 is 9.69 Å². The molecule has 0 atom stereocenters. The first-order valence-electron chi connectivity index (χ1n) is 6.55. The van der Waals surface area contributed by atoms with Crippen LogP contribution in [0.1, 0.15) is 24.8 Å². The highest BCUT2D eigenvalue weighted by Gasteiger charge is 2.16. The third-order valence-corrected chi connectivity index (χ3v) is 4.35. The molecule has 1 amide bonds. The predicted octanol–water partition coefficient (Wildman–Crippen LogP) is 1.76. The highest BCUT2D eigenvalue weighted by molar-refractivity contribution is 9.10. The van der Waals surface area contributed by atoms with Gasteiger partial charge in [0.25, 0.3) is 0 Å². The second-order valence-electron chi connectivity index (χ2n) is 4.97. The van der Waals surface area contributed by atoms with Crippen molar-refractivity contribution in [1.82, 2.24) is 0 Å². The van der Waals surface area contributed by atoms with E-state index in [1.165, 1.54) is 25.9 Å². The minimum absolute atomic E-state index is 0.121. The Kier molecular flexibility index (Phi) is 4.78. The molecule has 0 radical (unpaired) electrons. The lowest BCUT2D eigenvalue weighted by Crippen LogP contribution is -3.10. The molecule has 0 spiro atoms. The molecule has 0 aromatic heterocycles. The number of rotatable bonds is 4. The number of amides is 1. The first kappa shape index (κ1) is 13.6. The fourth-order valence-corrected chi connectivity index (χ4v) is 2.61. The molecule has 1 saturated heterocycles. The molecule has 2 rings (SSSR count). The Morgan fingerprint density at radius 1 is 1.39 bits per heavy atom. The number of carbonyl (C=O) groups is 1. The van der Waals surface area contributed by atoms with Crippen LogP contribution < -0.4 is 10.2 Å². The summed E-state index contributed by atoms with van der Waals surface area (Å²) < 4.78 is 1.07. The summed E-state index contributed by atoms with van der Waals surface area (Å²) in [5, 5.41) is 2.96. The van der Waals surface area contributed by atoms with Crippen LogP contribution in [0.2, 0.25) is 0 Å². The summed E-state index contributed by atoms with van der Waals surface area (Å²) >= 11 is 3.45. The summed E-state index contributed by atoms with van der Waals surface area (Å²) in [6.45, 7) is 5.44. The lowest BCUT2D eigenvalue weighted by molar-refractivity contribution is -0.886. The Hall–Kier alpha value is -0.870. The number of likely N-dealkylation sites (tertiary alicyclic amines) is 1. The summed E-state index contributed by atoms with van der Waals surface area (Å²) in [6, 6.07) is 5.89. The minimum atomic E-state index is 0.121. The summed E-state index contributed by atoms with van der Waals surface area (Å²) in [5.74, 6) is 0.121. The molecule has 1 aliphatic rings. The molecule has 3 nitrogen and oxygen atoms in total. The number of aryl methyl sites for hydroxylation is 1. The second-order valence-corrected chi connectivity index (χ2v) is 5.82. The van der Waals surface area contributed by atoms with E-state index in [-0.39, 0.29) is 5.91 Å². The van der Waals surface area contributed by atoms with E-state index < -0.39 is 0 Å². The number of carbonyl (C=O) groups excluding carboxylic acids is 1. The Labute approximate surface area is 117 Å². The molecular weight excluding hydrogens is 292 g/mol. The van der Waals surface area contributed by atoms with E-state index in [9.17, 15) is 4.79 Å². The van der Waals surface area contributed by atoms with E-state index in [1.807, 2.05) is 25.1 Å². The van der Waals surface area contributed by atoms with E-state index >= 15 is 0 Å². The van der Waals surface area contributed by atoms with Gasteiger partial charge in [0.15, 0.2) is 0 Å².